The molecule has 184 valence electrons. The highest BCUT2D eigenvalue weighted by molar-refractivity contribution is 5.97. The molecule has 1 fully saturated rings. The molecule has 1 heterocycles. The summed E-state index contributed by atoms with van der Waals surface area (Å²) in [4.78, 5) is 24.4. The molecule has 0 radical (unpaired) electrons. The van der Waals surface area contributed by atoms with Gasteiger partial charge in [-0.2, -0.15) is 10.5 Å². The summed E-state index contributed by atoms with van der Waals surface area (Å²) in [5, 5.41) is 30.4. The van der Waals surface area contributed by atoms with Gasteiger partial charge in [0.2, 0.25) is 5.91 Å². The maximum atomic E-state index is 13.5. The molecule has 1 aliphatic heterocycles. The summed E-state index contributed by atoms with van der Waals surface area (Å²) in [7, 11) is 0. The topological polar surface area (TPSA) is 123 Å². The van der Waals surface area contributed by atoms with Crippen LogP contribution in [0, 0.1) is 28.6 Å². The lowest BCUT2D eigenvalue weighted by Gasteiger charge is -2.27. The number of amides is 1. The zero-order valence-electron chi connectivity index (χ0n) is 20.2. The number of nitrogens with one attached hydrogen (secondary N) is 1. The molecule has 0 saturated heterocycles. The summed E-state index contributed by atoms with van der Waals surface area (Å²) in [6.07, 6.45) is 2.42. The van der Waals surface area contributed by atoms with Crippen LogP contribution in [0.3, 0.4) is 0 Å². The van der Waals surface area contributed by atoms with Crippen LogP contribution in [0.5, 0.6) is 5.75 Å². The molecule has 2 aliphatic rings. The van der Waals surface area contributed by atoms with Crippen LogP contribution < -0.4 is 10.1 Å². The number of rotatable bonds is 7. The zero-order chi connectivity index (χ0) is 26.0. The van der Waals surface area contributed by atoms with Crippen molar-refractivity contribution in [2.75, 3.05) is 11.9 Å². The summed E-state index contributed by atoms with van der Waals surface area (Å²) in [6, 6.07) is 22.8. The molecule has 0 unspecified atom stereocenters. The second-order valence-corrected chi connectivity index (χ2v) is 9.63. The van der Waals surface area contributed by atoms with E-state index >= 15 is 0 Å². The van der Waals surface area contributed by atoms with Gasteiger partial charge in [0.25, 0.3) is 0 Å². The zero-order valence-corrected chi connectivity index (χ0v) is 20.2. The molecule has 3 aromatic rings. The second-order valence-electron chi connectivity index (χ2n) is 9.63. The Morgan fingerprint density at radius 1 is 1.00 bits per heavy atom. The monoisotopic (exact) mass is 491 g/mol. The molecular formula is C30H25N3O4. The minimum Gasteiger partial charge on any atom is -0.493 e. The molecule has 7 heteroatoms. The Balaban J connectivity index is 1.39. The number of carboxylic acids is 1. The van der Waals surface area contributed by atoms with Gasteiger partial charge in [-0.1, -0.05) is 24.3 Å². The van der Waals surface area contributed by atoms with E-state index in [0.717, 1.165) is 34.4 Å². The van der Waals surface area contributed by atoms with E-state index in [1.807, 2.05) is 24.3 Å². The fourth-order valence-corrected chi connectivity index (χ4v) is 5.29. The normalized spacial score (nSPS) is 19.1. The molecule has 5 rings (SSSR count). The van der Waals surface area contributed by atoms with E-state index in [2.05, 4.69) is 23.5 Å². The van der Waals surface area contributed by atoms with Crippen molar-refractivity contribution in [3.63, 3.8) is 0 Å². The first-order chi connectivity index (χ1) is 17.9. The largest absolute Gasteiger partial charge is 0.493 e. The van der Waals surface area contributed by atoms with E-state index in [-0.39, 0.29) is 23.7 Å². The Morgan fingerprint density at radius 2 is 1.73 bits per heavy atom. The number of benzene rings is 3. The van der Waals surface area contributed by atoms with Gasteiger partial charge in [0, 0.05) is 29.0 Å². The number of aryl methyl sites for hydroxylation is 1. The first-order valence-corrected chi connectivity index (χ1v) is 12.3. The molecular weight excluding hydrogens is 466 g/mol. The van der Waals surface area contributed by atoms with E-state index in [9.17, 15) is 14.9 Å². The summed E-state index contributed by atoms with van der Waals surface area (Å²) >= 11 is 0. The predicted molar refractivity (Wildman–Crippen MR) is 137 cm³/mol. The number of aliphatic carboxylic acids is 1. The van der Waals surface area contributed by atoms with E-state index in [0.29, 0.717) is 42.7 Å². The van der Waals surface area contributed by atoms with Crippen LogP contribution in [-0.4, -0.2) is 23.6 Å². The van der Waals surface area contributed by atoms with Crippen LogP contribution in [0.4, 0.5) is 5.69 Å². The van der Waals surface area contributed by atoms with Crippen molar-refractivity contribution in [3.05, 3.63) is 82.9 Å². The van der Waals surface area contributed by atoms with Crippen LogP contribution in [0.15, 0.2) is 60.7 Å². The smallest absolute Gasteiger partial charge is 0.303 e. The summed E-state index contributed by atoms with van der Waals surface area (Å²) < 4.78 is 5.93. The lowest BCUT2D eigenvalue weighted by Crippen LogP contribution is -2.27. The van der Waals surface area contributed by atoms with Gasteiger partial charge in [0.05, 0.1) is 29.9 Å². The van der Waals surface area contributed by atoms with Crippen molar-refractivity contribution >= 4 is 17.6 Å². The molecule has 1 saturated carbocycles. The van der Waals surface area contributed by atoms with E-state index in [1.165, 1.54) is 0 Å². The molecule has 0 bridgehead atoms. The third-order valence-corrected chi connectivity index (χ3v) is 7.39. The predicted octanol–water partition coefficient (Wildman–Crippen LogP) is 5.18. The summed E-state index contributed by atoms with van der Waals surface area (Å²) in [5.41, 5.74) is 5.12. The first-order valence-electron chi connectivity index (χ1n) is 12.3. The molecule has 1 spiro atoms. The lowest BCUT2D eigenvalue weighted by molar-refractivity contribution is -0.137. The molecule has 37 heavy (non-hydrogen) atoms. The van der Waals surface area contributed by atoms with Crippen LogP contribution in [0.25, 0.3) is 11.1 Å². The van der Waals surface area contributed by atoms with E-state index in [4.69, 9.17) is 15.1 Å². The number of fused-ring (bicyclic) bond motifs is 2. The molecule has 3 aromatic carbocycles. The molecule has 7 nitrogen and oxygen atoms in total. The average Bonchev–Trinajstić information content (AvgIpc) is 3.64. The highest BCUT2D eigenvalue weighted by Gasteiger charge is 2.61. The maximum Gasteiger partial charge on any atom is 0.303 e. The highest BCUT2D eigenvalue weighted by atomic mass is 16.5. The fraction of sp³-hybridized carbons (Fsp3) is 0.267. The second kappa shape index (κ2) is 9.79. The minimum absolute atomic E-state index is 0.0392. The van der Waals surface area contributed by atoms with E-state index < -0.39 is 5.97 Å². The number of nitrogens with zero attached hydrogens (tertiary/aromatic N) is 2. The number of hydrogen-bond donors (Lipinski definition) is 2. The number of ether oxygens (including phenoxy) is 1. The van der Waals surface area contributed by atoms with Gasteiger partial charge < -0.3 is 15.2 Å². The number of hydrogen-bond acceptors (Lipinski definition) is 5. The number of carbonyl (C=O) groups is 2. The van der Waals surface area contributed by atoms with Crippen molar-refractivity contribution in [3.8, 4) is 29.0 Å². The van der Waals surface area contributed by atoms with Gasteiger partial charge in [-0.3, -0.25) is 9.59 Å². The van der Waals surface area contributed by atoms with Gasteiger partial charge in [0.15, 0.2) is 0 Å². The highest BCUT2D eigenvalue weighted by Crippen LogP contribution is 2.61. The molecule has 0 aromatic heterocycles. The molecule has 2 atom stereocenters. The van der Waals surface area contributed by atoms with Crippen molar-refractivity contribution in [1.82, 2.24) is 0 Å². The van der Waals surface area contributed by atoms with Crippen LogP contribution >= 0.6 is 0 Å². The van der Waals surface area contributed by atoms with Crippen LogP contribution in [-0.2, 0) is 21.4 Å². The standard InChI is InChI=1S/C30H25N3O4/c31-17-19-4-7-21(8-5-19)23-10-11-27-24(15-23)30(12-13-37-27)16-25(30)29(36)33-26-14-20(18-32)6-9-22(26)2-1-3-28(34)35/h4-11,14-15,25H,1-3,12-13,16H2,(H,33,36)(H,34,35)/t25-,30-/m0/s1. The number of carbonyl (C=O) groups excluding carboxylic acids is 1. The average molecular weight is 492 g/mol. The van der Waals surface area contributed by atoms with Crippen molar-refractivity contribution < 1.29 is 19.4 Å². The first kappa shape index (κ1) is 24.1. The van der Waals surface area contributed by atoms with Gasteiger partial charge in [-0.25, -0.2) is 0 Å². The van der Waals surface area contributed by atoms with Crippen molar-refractivity contribution in [2.24, 2.45) is 5.92 Å². The molecule has 1 amide bonds. The Kier molecular flexibility index (Phi) is 6.38. The molecule has 2 N–H and O–H groups in total. The Hall–Kier alpha value is -4.62. The minimum atomic E-state index is -0.863. The Labute approximate surface area is 214 Å². The number of carboxylic acid groups (broad SMARTS) is 1. The van der Waals surface area contributed by atoms with Crippen LogP contribution in [0.2, 0.25) is 0 Å². The Bertz CT molecular complexity index is 1470. The van der Waals surface area contributed by atoms with Gasteiger partial charge in [0.1, 0.15) is 5.75 Å². The number of nitriles is 2. The van der Waals surface area contributed by atoms with E-state index in [1.54, 1.807) is 30.3 Å². The SMILES string of the molecule is N#Cc1ccc(-c2ccc3c(c2)[C@]2(CCO3)C[C@H]2C(=O)Nc2cc(C#N)ccc2CCCC(=O)O)cc1. The Morgan fingerprint density at radius 3 is 2.46 bits per heavy atom. The number of anilines is 1. The van der Waals surface area contributed by atoms with Crippen molar-refractivity contribution in [2.45, 2.75) is 37.5 Å². The van der Waals surface area contributed by atoms with Crippen molar-refractivity contribution in [1.29, 1.82) is 10.5 Å². The lowest BCUT2D eigenvalue weighted by atomic mass is 9.85. The third kappa shape index (κ3) is 4.77. The van der Waals surface area contributed by atoms with Gasteiger partial charge in [-0.15, -0.1) is 0 Å². The summed E-state index contributed by atoms with van der Waals surface area (Å²) in [5.74, 6) is -0.410. The third-order valence-electron chi connectivity index (χ3n) is 7.39. The summed E-state index contributed by atoms with van der Waals surface area (Å²) in [6.45, 7) is 0.539. The van der Waals surface area contributed by atoms with Crippen LogP contribution in [0.1, 0.15) is 47.9 Å². The van der Waals surface area contributed by atoms with Gasteiger partial charge in [-0.05, 0) is 78.8 Å². The van der Waals surface area contributed by atoms with Gasteiger partial charge >= 0.3 is 5.97 Å². The quantitative estimate of drug-likeness (QED) is 0.469. The maximum absolute atomic E-state index is 13.5. The molecule has 1 aliphatic carbocycles. The fourth-order valence-electron chi connectivity index (χ4n) is 5.29.